The number of hydrogen-bond donors (Lipinski definition) is 2. The summed E-state index contributed by atoms with van der Waals surface area (Å²) in [6, 6.07) is 27.4. The molecule has 0 amide bonds. The molecule has 1 aliphatic heterocycles. The van der Waals surface area contributed by atoms with Crippen molar-refractivity contribution < 1.29 is 47.2 Å². The van der Waals surface area contributed by atoms with Crippen molar-refractivity contribution in [1.82, 2.24) is 8.61 Å². The molecule has 4 atom stereocenters. The third-order valence-electron chi connectivity index (χ3n) is 8.23. The second-order valence-corrected chi connectivity index (χ2v) is 13.2. The zero-order valence-electron chi connectivity index (χ0n) is 27.0. The van der Waals surface area contributed by atoms with Gasteiger partial charge in [0.15, 0.2) is 0 Å². The third kappa shape index (κ3) is 8.45. The Morgan fingerprint density at radius 2 is 0.939 bits per heavy atom. The van der Waals surface area contributed by atoms with Gasteiger partial charge in [0.2, 0.25) is 0 Å². The van der Waals surface area contributed by atoms with Crippen LogP contribution in [0.4, 0.5) is 0 Å². The second-order valence-electron chi connectivity index (χ2n) is 11.3. The number of aliphatic hydroxyl groups excluding tert-OH is 2. The first-order valence-electron chi connectivity index (χ1n) is 15.5. The minimum absolute atomic E-state index is 0.236. The first-order valence-corrected chi connectivity index (χ1v) is 16.9. The number of nitrogens with zero attached hydrogens (tertiary/aromatic N) is 2. The molecule has 12 nitrogen and oxygen atoms in total. The van der Waals surface area contributed by atoms with Crippen molar-refractivity contribution in [3.05, 3.63) is 131 Å². The normalized spacial score (nSPS) is 20.9. The highest BCUT2D eigenvalue weighted by molar-refractivity contribution is 7.86. The molecular formula is C36H38N2O10S. The number of methoxy groups -OCH3 is 2. The minimum Gasteiger partial charge on any atom is -0.492 e. The second kappa shape index (κ2) is 16.1. The topological polar surface area (TPSA) is 152 Å². The molecule has 1 aliphatic rings. The zero-order valence-corrected chi connectivity index (χ0v) is 27.8. The maximum absolute atomic E-state index is 14.9. The van der Waals surface area contributed by atoms with Crippen molar-refractivity contribution in [3.8, 4) is 11.5 Å². The van der Waals surface area contributed by atoms with Crippen LogP contribution in [0.25, 0.3) is 0 Å². The Hall–Kier alpha value is -4.79. The molecule has 1 heterocycles. The van der Waals surface area contributed by atoms with Gasteiger partial charge in [-0.25, -0.2) is 9.59 Å². The predicted molar refractivity (Wildman–Crippen MR) is 179 cm³/mol. The van der Waals surface area contributed by atoms with Gasteiger partial charge in [-0.3, -0.25) is 0 Å². The van der Waals surface area contributed by atoms with Crippen LogP contribution in [0, 0.1) is 0 Å². The van der Waals surface area contributed by atoms with Crippen molar-refractivity contribution in [3.63, 3.8) is 0 Å². The van der Waals surface area contributed by atoms with Gasteiger partial charge >= 0.3 is 11.9 Å². The summed E-state index contributed by atoms with van der Waals surface area (Å²) < 4.78 is 53.5. The van der Waals surface area contributed by atoms with Gasteiger partial charge in [-0.1, -0.05) is 60.7 Å². The fourth-order valence-electron chi connectivity index (χ4n) is 5.52. The quantitative estimate of drug-likeness (QED) is 0.212. The van der Waals surface area contributed by atoms with E-state index < -0.39 is 46.4 Å². The van der Waals surface area contributed by atoms with Crippen molar-refractivity contribution in [1.29, 1.82) is 0 Å². The summed E-state index contributed by atoms with van der Waals surface area (Å²) in [5, 5.41) is 23.5. The smallest absolute Gasteiger partial charge is 0.337 e. The molecular weight excluding hydrogens is 652 g/mol. The number of rotatable bonds is 12. The van der Waals surface area contributed by atoms with Gasteiger partial charge < -0.3 is 29.2 Å². The van der Waals surface area contributed by atoms with E-state index in [4.69, 9.17) is 18.9 Å². The van der Waals surface area contributed by atoms with Crippen LogP contribution >= 0.6 is 0 Å². The maximum Gasteiger partial charge on any atom is 0.337 e. The number of para-hydroxylation sites is 2. The lowest BCUT2D eigenvalue weighted by molar-refractivity contribution is -0.0565. The summed E-state index contributed by atoms with van der Waals surface area (Å²) in [5.74, 6) is -0.209. The van der Waals surface area contributed by atoms with Gasteiger partial charge in [-0.15, -0.1) is 0 Å². The highest BCUT2D eigenvalue weighted by Crippen LogP contribution is 2.32. The van der Waals surface area contributed by atoms with Crippen LogP contribution in [-0.2, 0) is 32.8 Å². The number of ether oxygens (including phenoxy) is 4. The Morgan fingerprint density at radius 1 is 0.592 bits per heavy atom. The van der Waals surface area contributed by atoms with Crippen LogP contribution < -0.4 is 9.47 Å². The van der Waals surface area contributed by atoms with E-state index in [1.165, 1.54) is 38.5 Å². The van der Waals surface area contributed by atoms with Crippen molar-refractivity contribution >= 4 is 22.1 Å². The number of benzene rings is 4. The fourth-order valence-corrected chi connectivity index (χ4v) is 7.47. The number of carbonyl (C=O) groups is 2. The first kappa shape index (κ1) is 35.5. The molecule has 0 radical (unpaired) electrons. The van der Waals surface area contributed by atoms with Crippen LogP contribution in [0.5, 0.6) is 11.5 Å². The lowest BCUT2D eigenvalue weighted by atomic mass is 9.99. The molecule has 0 saturated carbocycles. The molecule has 49 heavy (non-hydrogen) atoms. The van der Waals surface area contributed by atoms with E-state index in [1.807, 2.05) is 0 Å². The Kier molecular flexibility index (Phi) is 11.6. The summed E-state index contributed by atoms with van der Waals surface area (Å²) in [6.07, 6.45) is -3.24. The molecule has 0 bridgehead atoms. The van der Waals surface area contributed by atoms with Crippen LogP contribution in [-0.4, -0.2) is 90.9 Å². The highest BCUT2D eigenvalue weighted by atomic mass is 32.2. The van der Waals surface area contributed by atoms with Gasteiger partial charge in [0.25, 0.3) is 10.2 Å². The van der Waals surface area contributed by atoms with E-state index >= 15 is 0 Å². The van der Waals surface area contributed by atoms with E-state index in [0.29, 0.717) is 22.6 Å². The molecule has 1 fully saturated rings. The molecule has 5 rings (SSSR count). The Labute approximate surface area is 285 Å². The van der Waals surface area contributed by atoms with Gasteiger partial charge in [-0.05, 0) is 59.7 Å². The molecule has 258 valence electrons. The first-order chi connectivity index (χ1) is 23.6. The minimum atomic E-state index is -4.53. The molecule has 0 aliphatic carbocycles. The summed E-state index contributed by atoms with van der Waals surface area (Å²) >= 11 is 0. The van der Waals surface area contributed by atoms with Crippen LogP contribution in [0.2, 0.25) is 0 Å². The summed E-state index contributed by atoms with van der Waals surface area (Å²) in [5.41, 5.74) is 1.56. The van der Waals surface area contributed by atoms with E-state index in [-0.39, 0.29) is 37.4 Å². The molecule has 0 spiro atoms. The van der Waals surface area contributed by atoms with Crippen LogP contribution in [0.3, 0.4) is 0 Å². The zero-order chi connectivity index (χ0) is 35.0. The molecule has 1 saturated heterocycles. The molecule has 13 heteroatoms. The fraction of sp³-hybridized carbons (Fsp3) is 0.278. The molecule has 0 aromatic heterocycles. The standard InChI is InChI=1S/C36H38N2O10S/c1-45-35(41)27-17-13-25(14-18-27)21-37-31(23-47-29-9-5-3-6-10-29)33(39)34(40)32(24-48-30-11-7-4-8-12-30)38(49(37,43)44)22-26-15-19-28(20-16-26)36(42)46-2/h3-20,31-34,39-40H,21-24H2,1-2H3/t31-,32?,33+,34?/m0/s1. The number of carbonyl (C=O) groups excluding carboxylic acids is 2. The lowest BCUT2D eigenvalue weighted by Crippen LogP contribution is -2.52. The molecule has 4 aromatic carbocycles. The molecule has 2 unspecified atom stereocenters. The Bertz CT molecular complexity index is 1660. The largest absolute Gasteiger partial charge is 0.492 e. The van der Waals surface area contributed by atoms with Gasteiger partial charge in [0.1, 0.15) is 36.9 Å². The molecule has 4 aromatic rings. The third-order valence-corrected chi connectivity index (χ3v) is 10.2. The van der Waals surface area contributed by atoms with Crippen LogP contribution in [0.15, 0.2) is 109 Å². The van der Waals surface area contributed by atoms with Gasteiger partial charge in [0.05, 0.1) is 37.4 Å². The van der Waals surface area contributed by atoms with Crippen molar-refractivity contribution in [2.45, 2.75) is 37.4 Å². The summed E-state index contributed by atoms with van der Waals surface area (Å²) in [4.78, 5) is 24.1. The summed E-state index contributed by atoms with van der Waals surface area (Å²) in [7, 11) is -2.00. The summed E-state index contributed by atoms with van der Waals surface area (Å²) in [6.45, 7) is -1.06. The maximum atomic E-state index is 14.9. The van der Waals surface area contributed by atoms with E-state index in [9.17, 15) is 28.2 Å². The monoisotopic (exact) mass is 690 g/mol. The molecule has 2 N–H and O–H groups in total. The van der Waals surface area contributed by atoms with E-state index in [0.717, 1.165) is 8.61 Å². The average Bonchev–Trinajstić information content (AvgIpc) is 3.18. The highest BCUT2D eigenvalue weighted by Gasteiger charge is 2.51. The van der Waals surface area contributed by atoms with Crippen molar-refractivity contribution in [2.24, 2.45) is 0 Å². The number of esters is 2. The SMILES string of the molecule is COC(=O)c1ccc(CN2C(COc3ccccc3)C(O)[C@H](O)[C@H](COc3ccccc3)N(Cc3ccc(C(=O)OC)cc3)S2(=O)=O)cc1. The average molecular weight is 691 g/mol. The van der Waals surface area contributed by atoms with Crippen LogP contribution in [0.1, 0.15) is 31.8 Å². The van der Waals surface area contributed by atoms with E-state index in [1.54, 1.807) is 84.9 Å². The number of aliphatic hydroxyl groups is 2. The number of hydrogen-bond acceptors (Lipinski definition) is 10. The Morgan fingerprint density at radius 3 is 1.27 bits per heavy atom. The van der Waals surface area contributed by atoms with Crippen molar-refractivity contribution in [2.75, 3.05) is 27.4 Å². The predicted octanol–water partition coefficient (Wildman–Crippen LogP) is 3.44. The van der Waals surface area contributed by atoms with E-state index in [2.05, 4.69) is 0 Å². The Balaban J connectivity index is 1.57. The van der Waals surface area contributed by atoms with Gasteiger partial charge in [-0.2, -0.15) is 17.0 Å². The lowest BCUT2D eigenvalue weighted by Gasteiger charge is -2.34. The van der Waals surface area contributed by atoms with Gasteiger partial charge in [0, 0.05) is 13.1 Å².